The van der Waals surface area contributed by atoms with Gasteiger partial charge in [-0.25, -0.2) is 0 Å². The molecule has 0 saturated heterocycles. The maximum atomic E-state index is 2.17. The van der Waals surface area contributed by atoms with E-state index in [1.165, 1.54) is 10.9 Å². The van der Waals surface area contributed by atoms with E-state index in [0.29, 0.717) is 0 Å². The van der Waals surface area contributed by atoms with Gasteiger partial charge in [-0.2, -0.15) is 0 Å². The second-order valence-corrected chi connectivity index (χ2v) is 4.22. The Morgan fingerprint density at radius 3 is 1.94 bits per heavy atom. The van der Waals surface area contributed by atoms with E-state index in [1.54, 1.807) is 0 Å². The Balaban J connectivity index is 0.000000323. The zero-order valence-electron chi connectivity index (χ0n) is 11.5. The Hall–Kier alpha value is -1.24. The van der Waals surface area contributed by atoms with Crippen molar-refractivity contribution in [3.63, 3.8) is 0 Å². The standard InChI is InChI=1S/C9H9N.C4H10.C2H6/c1-10-7-6-8-4-2-3-5-9(8)10;1-4(2)3;1-2/h2-7H,1H3;4H,1-3H3;1-2H3. The van der Waals surface area contributed by atoms with Gasteiger partial charge in [0.1, 0.15) is 0 Å². The summed E-state index contributed by atoms with van der Waals surface area (Å²) in [4.78, 5) is 0. The molecule has 0 saturated carbocycles. The van der Waals surface area contributed by atoms with Crippen molar-refractivity contribution in [1.82, 2.24) is 4.57 Å². The first kappa shape index (κ1) is 14.8. The minimum Gasteiger partial charge on any atom is -0.351 e. The third-order valence-corrected chi connectivity index (χ3v) is 1.79. The van der Waals surface area contributed by atoms with Crippen LogP contribution in [0.15, 0.2) is 36.5 Å². The predicted octanol–water partition coefficient (Wildman–Crippen LogP) is 4.87. The van der Waals surface area contributed by atoms with Crippen LogP contribution < -0.4 is 0 Å². The fraction of sp³-hybridized carbons (Fsp3) is 0.467. The molecule has 90 valence electrons. The van der Waals surface area contributed by atoms with Crippen molar-refractivity contribution in [3.8, 4) is 0 Å². The number of hydrogen-bond acceptors (Lipinski definition) is 0. The minimum absolute atomic E-state index is 0.833. The topological polar surface area (TPSA) is 4.93 Å². The monoisotopic (exact) mass is 219 g/mol. The highest BCUT2D eigenvalue weighted by Crippen LogP contribution is 2.12. The summed E-state index contributed by atoms with van der Waals surface area (Å²) >= 11 is 0. The molecule has 0 unspecified atom stereocenters. The van der Waals surface area contributed by atoms with E-state index in [9.17, 15) is 0 Å². The van der Waals surface area contributed by atoms with Gasteiger partial charge in [-0.3, -0.25) is 0 Å². The van der Waals surface area contributed by atoms with E-state index in [2.05, 4.69) is 68.9 Å². The zero-order valence-corrected chi connectivity index (χ0v) is 11.5. The summed E-state index contributed by atoms with van der Waals surface area (Å²) in [6.45, 7) is 10.5. The van der Waals surface area contributed by atoms with Gasteiger partial charge in [-0.05, 0) is 23.4 Å². The smallest absolute Gasteiger partial charge is 0.0477 e. The van der Waals surface area contributed by atoms with Crippen molar-refractivity contribution < 1.29 is 0 Å². The van der Waals surface area contributed by atoms with Gasteiger partial charge in [-0.1, -0.05) is 52.8 Å². The van der Waals surface area contributed by atoms with Gasteiger partial charge in [-0.15, -0.1) is 0 Å². The van der Waals surface area contributed by atoms with Gasteiger partial charge in [0.2, 0.25) is 0 Å². The normalized spacial score (nSPS) is 9.19. The predicted molar refractivity (Wildman–Crippen MR) is 74.8 cm³/mol. The van der Waals surface area contributed by atoms with Crippen molar-refractivity contribution in [2.45, 2.75) is 34.6 Å². The molecule has 1 heteroatoms. The molecule has 16 heavy (non-hydrogen) atoms. The van der Waals surface area contributed by atoms with Gasteiger partial charge in [0, 0.05) is 18.8 Å². The number of benzene rings is 1. The highest BCUT2D eigenvalue weighted by molar-refractivity contribution is 5.79. The lowest BCUT2D eigenvalue weighted by molar-refractivity contribution is 0.737. The summed E-state index contributed by atoms with van der Waals surface area (Å²) in [6.07, 6.45) is 2.07. The largest absolute Gasteiger partial charge is 0.351 e. The molecule has 1 aromatic carbocycles. The lowest BCUT2D eigenvalue weighted by atomic mass is 10.2. The molecular formula is C15H25N. The molecule has 0 fully saturated rings. The Morgan fingerprint density at radius 1 is 0.938 bits per heavy atom. The second kappa shape index (κ2) is 7.98. The van der Waals surface area contributed by atoms with E-state index >= 15 is 0 Å². The molecule has 0 N–H and O–H groups in total. The average Bonchev–Trinajstić information content (AvgIpc) is 2.64. The number of fused-ring (bicyclic) bond motifs is 1. The van der Waals surface area contributed by atoms with Crippen LogP contribution >= 0.6 is 0 Å². The molecule has 0 atom stereocenters. The van der Waals surface area contributed by atoms with Crippen LogP contribution in [0.2, 0.25) is 0 Å². The number of hydrogen-bond donors (Lipinski definition) is 0. The number of aryl methyl sites for hydroxylation is 1. The van der Waals surface area contributed by atoms with Crippen LogP contribution in [0.25, 0.3) is 10.9 Å². The molecule has 0 bridgehead atoms. The number of aromatic nitrogens is 1. The van der Waals surface area contributed by atoms with Crippen molar-refractivity contribution in [2.75, 3.05) is 0 Å². The Labute approximate surface area is 100 Å². The van der Waals surface area contributed by atoms with Crippen LogP contribution in [0.1, 0.15) is 34.6 Å². The summed E-state index contributed by atoms with van der Waals surface area (Å²) in [6, 6.07) is 10.5. The van der Waals surface area contributed by atoms with E-state index in [0.717, 1.165) is 5.92 Å². The first-order chi connectivity index (χ1) is 7.61. The molecule has 2 rings (SSSR count). The third-order valence-electron chi connectivity index (χ3n) is 1.79. The highest BCUT2D eigenvalue weighted by Gasteiger charge is 1.92. The van der Waals surface area contributed by atoms with E-state index < -0.39 is 0 Å². The minimum atomic E-state index is 0.833. The van der Waals surface area contributed by atoms with Gasteiger partial charge in [0.05, 0.1) is 0 Å². The fourth-order valence-corrected chi connectivity index (χ4v) is 1.22. The molecule has 1 nitrogen and oxygen atoms in total. The number of nitrogens with zero attached hydrogens (tertiary/aromatic N) is 1. The summed E-state index contributed by atoms with van der Waals surface area (Å²) in [5.74, 6) is 0.833. The van der Waals surface area contributed by atoms with E-state index in [-0.39, 0.29) is 0 Å². The summed E-state index contributed by atoms with van der Waals surface area (Å²) in [5, 5.41) is 1.31. The van der Waals surface area contributed by atoms with Gasteiger partial charge in [0.25, 0.3) is 0 Å². The van der Waals surface area contributed by atoms with Crippen LogP contribution in [0.5, 0.6) is 0 Å². The Morgan fingerprint density at radius 2 is 1.44 bits per heavy atom. The molecule has 0 aliphatic rings. The zero-order chi connectivity index (χ0) is 12.6. The van der Waals surface area contributed by atoms with Crippen molar-refractivity contribution in [3.05, 3.63) is 36.5 Å². The van der Waals surface area contributed by atoms with Gasteiger partial charge < -0.3 is 4.57 Å². The third kappa shape index (κ3) is 5.01. The van der Waals surface area contributed by atoms with Crippen LogP contribution in [0, 0.1) is 5.92 Å². The number of rotatable bonds is 0. The molecule has 0 spiro atoms. The summed E-state index contributed by atoms with van der Waals surface area (Å²) in [5.41, 5.74) is 1.29. The molecule has 0 aliphatic carbocycles. The summed E-state index contributed by atoms with van der Waals surface area (Å²) in [7, 11) is 2.06. The van der Waals surface area contributed by atoms with Crippen LogP contribution in [0.3, 0.4) is 0 Å². The van der Waals surface area contributed by atoms with Crippen molar-refractivity contribution >= 4 is 10.9 Å². The summed E-state index contributed by atoms with van der Waals surface area (Å²) < 4.78 is 2.12. The number of para-hydroxylation sites is 1. The quantitative estimate of drug-likeness (QED) is 0.596. The second-order valence-electron chi connectivity index (χ2n) is 4.22. The lowest BCUT2D eigenvalue weighted by Gasteiger charge is -1.92. The molecule has 0 radical (unpaired) electrons. The molecule has 0 amide bonds. The first-order valence-electron chi connectivity index (χ1n) is 6.11. The Bertz CT molecular complexity index is 382. The SMILES string of the molecule is CC.CC(C)C.Cn1ccc2ccccc21. The van der Waals surface area contributed by atoms with Gasteiger partial charge >= 0.3 is 0 Å². The Kier molecular flexibility index (Phi) is 7.36. The van der Waals surface area contributed by atoms with Crippen LogP contribution in [-0.4, -0.2) is 4.57 Å². The fourth-order valence-electron chi connectivity index (χ4n) is 1.22. The molecule has 1 aromatic heterocycles. The average molecular weight is 219 g/mol. The lowest BCUT2D eigenvalue weighted by Crippen LogP contribution is -1.81. The van der Waals surface area contributed by atoms with Crippen LogP contribution in [0.4, 0.5) is 0 Å². The van der Waals surface area contributed by atoms with Crippen molar-refractivity contribution in [2.24, 2.45) is 13.0 Å². The molecular weight excluding hydrogens is 194 g/mol. The van der Waals surface area contributed by atoms with Crippen LogP contribution in [-0.2, 0) is 7.05 Å². The van der Waals surface area contributed by atoms with E-state index in [1.807, 2.05) is 13.8 Å². The van der Waals surface area contributed by atoms with E-state index in [4.69, 9.17) is 0 Å². The molecule has 2 aromatic rings. The maximum Gasteiger partial charge on any atom is 0.0477 e. The first-order valence-corrected chi connectivity index (χ1v) is 6.11. The van der Waals surface area contributed by atoms with Gasteiger partial charge in [0.15, 0.2) is 0 Å². The van der Waals surface area contributed by atoms with Crippen molar-refractivity contribution in [1.29, 1.82) is 0 Å². The molecule has 1 heterocycles. The molecule has 0 aliphatic heterocycles. The highest BCUT2D eigenvalue weighted by atomic mass is 14.9. The maximum absolute atomic E-state index is 2.17.